The van der Waals surface area contributed by atoms with E-state index < -0.39 is 29.5 Å². The second-order valence-corrected chi connectivity index (χ2v) is 6.15. The molecular formula is C20H19F3N2O5. The summed E-state index contributed by atoms with van der Waals surface area (Å²) in [6, 6.07) is 8.33. The van der Waals surface area contributed by atoms with Crippen LogP contribution in [0, 0.1) is 0 Å². The highest BCUT2D eigenvalue weighted by atomic mass is 19.4. The number of amides is 2. The summed E-state index contributed by atoms with van der Waals surface area (Å²) in [5.74, 6) is -1.85. The molecule has 0 saturated carbocycles. The SMILES string of the molecule is COCC(=O)Nc1cc(CNC(=O)c2cccc(C(F)(F)F)c2)cc(C(=O)OC)c1. The predicted molar refractivity (Wildman–Crippen MR) is 101 cm³/mol. The highest BCUT2D eigenvalue weighted by Gasteiger charge is 2.30. The third kappa shape index (κ3) is 6.31. The standard InChI is InChI=1S/C20H19F3N2O5/c1-29-11-17(26)25-16-7-12(6-14(9-16)19(28)30-2)10-24-18(27)13-4-3-5-15(8-13)20(21,22)23/h3-9H,10-11H2,1-2H3,(H,24,27)(H,25,26). The monoisotopic (exact) mass is 424 g/mol. The Hall–Kier alpha value is -3.40. The van der Waals surface area contributed by atoms with Gasteiger partial charge in [-0.2, -0.15) is 13.2 Å². The summed E-state index contributed by atoms with van der Waals surface area (Å²) in [7, 11) is 2.53. The summed E-state index contributed by atoms with van der Waals surface area (Å²) in [6.45, 7) is -0.308. The Balaban J connectivity index is 2.19. The Morgan fingerprint density at radius 2 is 1.73 bits per heavy atom. The first-order valence-electron chi connectivity index (χ1n) is 8.60. The molecule has 30 heavy (non-hydrogen) atoms. The highest BCUT2D eigenvalue weighted by molar-refractivity contribution is 5.96. The molecule has 0 bridgehead atoms. The fraction of sp³-hybridized carbons (Fsp3) is 0.250. The number of alkyl halides is 3. The molecule has 0 aliphatic heterocycles. The number of carbonyl (C=O) groups is 3. The molecule has 0 fully saturated rings. The molecule has 2 aromatic rings. The number of carbonyl (C=O) groups excluding carboxylic acids is 3. The van der Waals surface area contributed by atoms with Gasteiger partial charge in [0.15, 0.2) is 0 Å². The number of nitrogens with one attached hydrogen (secondary N) is 2. The van der Waals surface area contributed by atoms with Gasteiger partial charge >= 0.3 is 12.1 Å². The van der Waals surface area contributed by atoms with Crippen molar-refractivity contribution in [3.63, 3.8) is 0 Å². The fourth-order valence-electron chi connectivity index (χ4n) is 2.55. The number of ether oxygens (including phenoxy) is 2. The molecule has 0 aliphatic rings. The van der Waals surface area contributed by atoms with Gasteiger partial charge in [0.2, 0.25) is 5.91 Å². The lowest BCUT2D eigenvalue weighted by Crippen LogP contribution is -2.24. The first-order valence-corrected chi connectivity index (χ1v) is 8.60. The van der Waals surface area contributed by atoms with Crippen LogP contribution < -0.4 is 10.6 Å². The third-order valence-corrected chi connectivity index (χ3v) is 3.88. The minimum Gasteiger partial charge on any atom is -0.465 e. The molecule has 0 aliphatic carbocycles. The van der Waals surface area contributed by atoms with E-state index in [1.807, 2.05) is 0 Å². The average Bonchev–Trinajstić information content (AvgIpc) is 2.70. The molecular weight excluding hydrogens is 405 g/mol. The Morgan fingerprint density at radius 1 is 1.00 bits per heavy atom. The van der Waals surface area contributed by atoms with E-state index in [2.05, 4.69) is 15.4 Å². The van der Waals surface area contributed by atoms with Crippen molar-refractivity contribution in [1.82, 2.24) is 5.32 Å². The lowest BCUT2D eigenvalue weighted by Gasteiger charge is -2.12. The van der Waals surface area contributed by atoms with Crippen LogP contribution >= 0.6 is 0 Å². The first-order chi connectivity index (χ1) is 14.1. The number of rotatable bonds is 7. The van der Waals surface area contributed by atoms with Gasteiger partial charge in [-0.05, 0) is 42.0 Å². The van der Waals surface area contributed by atoms with Gasteiger partial charge in [0, 0.05) is 24.9 Å². The van der Waals surface area contributed by atoms with E-state index >= 15 is 0 Å². The summed E-state index contributed by atoms with van der Waals surface area (Å²) < 4.78 is 47.9. The number of esters is 1. The van der Waals surface area contributed by atoms with Gasteiger partial charge in [0.05, 0.1) is 18.2 Å². The van der Waals surface area contributed by atoms with E-state index in [-0.39, 0.29) is 30.0 Å². The van der Waals surface area contributed by atoms with Gasteiger partial charge in [0.1, 0.15) is 6.61 Å². The highest BCUT2D eigenvalue weighted by Crippen LogP contribution is 2.29. The Kier molecular flexibility index (Phi) is 7.54. The second kappa shape index (κ2) is 9.88. The summed E-state index contributed by atoms with van der Waals surface area (Å²) in [4.78, 5) is 35.9. The van der Waals surface area contributed by atoms with Crippen molar-refractivity contribution in [2.45, 2.75) is 12.7 Å². The maximum absolute atomic E-state index is 12.8. The molecule has 0 spiro atoms. The molecule has 2 aromatic carbocycles. The third-order valence-electron chi connectivity index (χ3n) is 3.88. The van der Waals surface area contributed by atoms with Crippen molar-refractivity contribution in [2.24, 2.45) is 0 Å². The van der Waals surface area contributed by atoms with E-state index in [0.717, 1.165) is 18.2 Å². The van der Waals surface area contributed by atoms with Crippen molar-refractivity contribution < 1.29 is 37.0 Å². The molecule has 2 N–H and O–H groups in total. The molecule has 0 atom stereocenters. The number of hydrogen-bond donors (Lipinski definition) is 2. The van der Waals surface area contributed by atoms with Crippen LogP contribution in [0.2, 0.25) is 0 Å². The quantitative estimate of drug-likeness (QED) is 0.667. The maximum atomic E-state index is 12.8. The van der Waals surface area contributed by atoms with Crippen molar-refractivity contribution in [2.75, 3.05) is 26.1 Å². The Labute approximate surface area is 170 Å². The molecule has 2 rings (SSSR count). The normalized spacial score (nSPS) is 11.0. The minimum atomic E-state index is -4.57. The van der Waals surface area contributed by atoms with Gasteiger partial charge < -0.3 is 20.1 Å². The van der Waals surface area contributed by atoms with Crippen LogP contribution in [-0.2, 0) is 27.0 Å². The molecule has 0 saturated heterocycles. The summed E-state index contributed by atoms with van der Waals surface area (Å²) in [6.07, 6.45) is -4.57. The van der Waals surface area contributed by atoms with E-state index in [1.54, 1.807) is 0 Å². The van der Waals surface area contributed by atoms with Crippen molar-refractivity contribution in [1.29, 1.82) is 0 Å². The number of halogens is 3. The molecule has 10 heteroatoms. The Bertz CT molecular complexity index is 944. The van der Waals surface area contributed by atoms with E-state index in [1.165, 1.54) is 38.5 Å². The fourth-order valence-corrected chi connectivity index (χ4v) is 2.55. The van der Waals surface area contributed by atoms with Crippen LogP contribution in [0.4, 0.5) is 18.9 Å². The predicted octanol–water partition coefficient (Wildman–Crippen LogP) is 3.01. The summed E-state index contributed by atoms with van der Waals surface area (Å²) >= 11 is 0. The minimum absolute atomic E-state index is 0.104. The molecule has 0 heterocycles. The average molecular weight is 424 g/mol. The lowest BCUT2D eigenvalue weighted by atomic mass is 10.1. The van der Waals surface area contributed by atoms with Gasteiger partial charge in [-0.3, -0.25) is 9.59 Å². The van der Waals surface area contributed by atoms with Gasteiger partial charge in [-0.1, -0.05) is 6.07 Å². The molecule has 160 valence electrons. The zero-order chi connectivity index (χ0) is 22.3. The van der Waals surface area contributed by atoms with Gasteiger partial charge in [-0.15, -0.1) is 0 Å². The van der Waals surface area contributed by atoms with Crippen LogP contribution in [0.3, 0.4) is 0 Å². The van der Waals surface area contributed by atoms with Crippen LogP contribution in [-0.4, -0.2) is 38.6 Å². The van der Waals surface area contributed by atoms with Crippen LogP contribution in [0.1, 0.15) is 31.8 Å². The van der Waals surface area contributed by atoms with Crippen LogP contribution in [0.5, 0.6) is 0 Å². The van der Waals surface area contributed by atoms with Crippen LogP contribution in [0.15, 0.2) is 42.5 Å². The number of hydrogen-bond acceptors (Lipinski definition) is 5. The maximum Gasteiger partial charge on any atom is 0.416 e. The summed E-state index contributed by atoms with van der Waals surface area (Å²) in [5, 5.41) is 5.02. The zero-order valence-electron chi connectivity index (χ0n) is 16.1. The van der Waals surface area contributed by atoms with Crippen molar-refractivity contribution >= 4 is 23.5 Å². The lowest BCUT2D eigenvalue weighted by molar-refractivity contribution is -0.137. The van der Waals surface area contributed by atoms with E-state index in [9.17, 15) is 27.6 Å². The van der Waals surface area contributed by atoms with E-state index in [4.69, 9.17) is 4.74 Å². The first kappa shape index (κ1) is 22.9. The van der Waals surface area contributed by atoms with E-state index in [0.29, 0.717) is 5.56 Å². The zero-order valence-corrected chi connectivity index (χ0v) is 16.1. The number of methoxy groups -OCH3 is 2. The summed E-state index contributed by atoms with van der Waals surface area (Å²) in [5.41, 5.74) is -0.293. The number of benzene rings is 2. The van der Waals surface area contributed by atoms with Gasteiger partial charge in [0.25, 0.3) is 5.91 Å². The van der Waals surface area contributed by atoms with Crippen molar-refractivity contribution in [3.8, 4) is 0 Å². The largest absolute Gasteiger partial charge is 0.465 e. The molecule has 2 amide bonds. The second-order valence-electron chi connectivity index (χ2n) is 6.15. The number of anilines is 1. The molecule has 0 aromatic heterocycles. The Morgan fingerprint density at radius 3 is 2.37 bits per heavy atom. The molecule has 7 nitrogen and oxygen atoms in total. The molecule has 0 unspecified atom stereocenters. The smallest absolute Gasteiger partial charge is 0.416 e. The molecule has 0 radical (unpaired) electrons. The van der Waals surface area contributed by atoms with Crippen LogP contribution in [0.25, 0.3) is 0 Å². The van der Waals surface area contributed by atoms with Crippen molar-refractivity contribution in [3.05, 3.63) is 64.7 Å². The van der Waals surface area contributed by atoms with Gasteiger partial charge in [-0.25, -0.2) is 4.79 Å². The topological polar surface area (TPSA) is 93.7 Å².